The molecular weight excluding hydrogens is 290 g/mol. The molecule has 0 aromatic rings. The molecule has 0 saturated heterocycles. The van der Waals surface area contributed by atoms with Gasteiger partial charge in [-0.2, -0.15) is 0 Å². The third-order valence-corrected chi connectivity index (χ3v) is 4.02. The van der Waals surface area contributed by atoms with E-state index in [1.54, 1.807) is 7.11 Å². The Balaban J connectivity index is 3.63. The SMILES string of the molecule is CCCCCCCC/C=C(\CCCCCCCC(=O)O)NOC. The van der Waals surface area contributed by atoms with Crippen molar-refractivity contribution < 1.29 is 14.7 Å². The average molecular weight is 328 g/mol. The van der Waals surface area contributed by atoms with Crippen molar-refractivity contribution in [2.24, 2.45) is 0 Å². The zero-order valence-corrected chi connectivity index (χ0v) is 15.2. The first kappa shape index (κ1) is 22.0. The van der Waals surface area contributed by atoms with Crippen LogP contribution in [0.1, 0.15) is 96.8 Å². The fourth-order valence-electron chi connectivity index (χ4n) is 2.65. The predicted molar refractivity (Wildman–Crippen MR) is 96.2 cm³/mol. The maximum atomic E-state index is 10.4. The van der Waals surface area contributed by atoms with E-state index in [4.69, 9.17) is 9.94 Å². The normalized spacial score (nSPS) is 11.7. The van der Waals surface area contributed by atoms with E-state index in [1.165, 1.54) is 44.2 Å². The summed E-state index contributed by atoms with van der Waals surface area (Å²) in [5.41, 5.74) is 4.18. The monoisotopic (exact) mass is 327 g/mol. The van der Waals surface area contributed by atoms with Crippen LogP contribution in [0.4, 0.5) is 0 Å². The maximum absolute atomic E-state index is 10.4. The molecule has 0 bridgehead atoms. The molecule has 4 heteroatoms. The van der Waals surface area contributed by atoms with Crippen LogP contribution in [0.2, 0.25) is 0 Å². The molecular formula is C19H37NO3. The van der Waals surface area contributed by atoms with Crippen LogP contribution in [-0.2, 0) is 9.63 Å². The highest BCUT2D eigenvalue weighted by Crippen LogP contribution is 2.13. The Labute approximate surface area is 142 Å². The largest absolute Gasteiger partial charge is 0.481 e. The molecule has 2 N–H and O–H groups in total. The molecule has 0 atom stereocenters. The highest BCUT2D eigenvalue weighted by Gasteiger charge is 1.99. The Morgan fingerprint density at radius 2 is 1.48 bits per heavy atom. The van der Waals surface area contributed by atoms with E-state index in [0.717, 1.165) is 44.9 Å². The molecule has 0 aromatic carbocycles. The Hall–Kier alpha value is -1.03. The second-order valence-electron chi connectivity index (χ2n) is 6.25. The molecule has 0 rings (SSSR count). The molecule has 0 unspecified atom stereocenters. The van der Waals surface area contributed by atoms with Crippen molar-refractivity contribution in [3.63, 3.8) is 0 Å². The number of hydroxylamine groups is 1. The fourth-order valence-corrected chi connectivity index (χ4v) is 2.65. The van der Waals surface area contributed by atoms with Gasteiger partial charge in [0.05, 0.1) is 7.11 Å². The number of allylic oxidation sites excluding steroid dienone is 2. The second-order valence-corrected chi connectivity index (χ2v) is 6.25. The van der Waals surface area contributed by atoms with E-state index in [1.807, 2.05) is 0 Å². The summed E-state index contributed by atoms with van der Waals surface area (Å²) in [6.07, 6.45) is 17.9. The quantitative estimate of drug-likeness (QED) is 0.270. The number of carbonyl (C=O) groups is 1. The Kier molecular flexibility index (Phi) is 16.5. The average Bonchev–Trinajstić information content (AvgIpc) is 2.52. The number of hydrogen-bond acceptors (Lipinski definition) is 3. The van der Waals surface area contributed by atoms with Gasteiger partial charge in [0.15, 0.2) is 0 Å². The van der Waals surface area contributed by atoms with Gasteiger partial charge in [-0.15, -0.1) is 0 Å². The summed E-state index contributed by atoms with van der Waals surface area (Å²) in [6, 6.07) is 0. The molecule has 0 aliphatic rings. The van der Waals surface area contributed by atoms with E-state index >= 15 is 0 Å². The van der Waals surface area contributed by atoms with E-state index in [9.17, 15) is 4.79 Å². The summed E-state index contributed by atoms with van der Waals surface area (Å²) in [6.45, 7) is 2.25. The summed E-state index contributed by atoms with van der Waals surface area (Å²) in [4.78, 5) is 15.5. The molecule has 136 valence electrons. The van der Waals surface area contributed by atoms with Crippen molar-refractivity contribution in [3.8, 4) is 0 Å². The molecule has 0 spiro atoms. The van der Waals surface area contributed by atoms with Crippen LogP contribution in [0.5, 0.6) is 0 Å². The van der Waals surface area contributed by atoms with Gasteiger partial charge in [0, 0.05) is 12.1 Å². The Morgan fingerprint density at radius 1 is 0.913 bits per heavy atom. The smallest absolute Gasteiger partial charge is 0.303 e. The van der Waals surface area contributed by atoms with Crippen LogP contribution in [0.15, 0.2) is 11.8 Å². The van der Waals surface area contributed by atoms with Crippen LogP contribution in [0.3, 0.4) is 0 Å². The van der Waals surface area contributed by atoms with Gasteiger partial charge in [0.2, 0.25) is 0 Å². The molecule has 0 fully saturated rings. The third kappa shape index (κ3) is 17.2. The highest BCUT2D eigenvalue weighted by atomic mass is 16.6. The van der Waals surface area contributed by atoms with Crippen molar-refractivity contribution >= 4 is 5.97 Å². The summed E-state index contributed by atoms with van der Waals surface area (Å²) >= 11 is 0. The van der Waals surface area contributed by atoms with Gasteiger partial charge in [-0.25, -0.2) is 0 Å². The van der Waals surface area contributed by atoms with Gasteiger partial charge in [0.1, 0.15) is 0 Å². The zero-order chi connectivity index (χ0) is 17.2. The molecule has 0 heterocycles. The lowest BCUT2D eigenvalue weighted by molar-refractivity contribution is -0.137. The van der Waals surface area contributed by atoms with Gasteiger partial charge in [-0.1, -0.05) is 64.4 Å². The minimum atomic E-state index is -0.686. The summed E-state index contributed by atoms with van der Waals surface area (Å²) in [5, 5.41) is 8.58. The third-order valence-electron chi connectivity index (χ3n) is 4.02. The molecule has 0 aliphatic heterocycles. The molecule has 23 heavy (non-hydrogen) atoms. The number of carboxylic acids is 1. The van der Waals surface area contributed by atoms with Crippen molar-refractivity contribution in [2.45, 2.75) is 96.8 Å². The van der Waals surface area contributed by atoms with E-state index in [-0.39, 0.29) is 0 Å². The van der Waals surface area contributed by atoms with Crippen molar-refractivity contribution in [3.05, 3.63) is 11.8 Å². The van der Waals surface area contributed by atoms with Crippen LogP contribution in [-0.4, -0.2) is 18.2 Å². The van der Waals surface area contributed by atoms with Crippen molar-refractivity contribution in [2.75, 3.05) is 7.11 Å². The van der Waals surface area contributed by atoms with Gasteiger partial charge >= 0.3 is 5.97 Å². The number of hydrogen-bond donors (Lipinski definition) is 2. The minimum Gasteiger partial charge on any atom is -0.481 e. The first-order valence-electron chi connectivity index (χ1n) is 9.40. The van der Waals surface area contributed by atoms with Crippen LogP contribution in [0, 0.1) is 0 Å². The van der Waals surface area contributed by atoms with Gasteiger partial charge in [-0.05, 0) is 32.1 Å². The molecule has 0 amide bonds. The number of unbranched alkanes of at least 4 members (excludes halogenated alkanes) is 10. The maximum Gasteiger partial charge on any atom is 0.303 e. The second kappa shape index (κ2) is 17.3. The number of aliphatic carboxylic acids is 1. The Morgan fingerprint density at radius 3 is 2.09 bits per heavy atom. The molecule has 0 saturated carbocycles. The molecule has 0 aromatic heterocycles. The van der Waals surface area contributed by atoms with Crippen LogP contribution < -0.4 is 5.48 Å². The predicted octanol–water partition coefficient (Wildman–Crippen LogP) is 5.59. The first-order valence-corrected chi connectivity index (χ1v) is 9.40. The van der Waals surface area contributed by atoms with Gasteiger partial charge in [0.25, 0.3) is 0 Å². The number of carboxylic acid groups (broad SMARTS) is 1. The lowest BCUT2D eigenvalue weighted by Crippen LogP contribution is -2.11. The van der Waals surface area contributed by atoms with E-state index in [2.05, 4.69) is 18.5 Å². The first-order chi connectivity index (χ1) is 11.2. The lowest BCUT2D eigenvalue weighted by Gasteiger charge is -2.09. The molecule has 4 nitrogen and oxygen atoms in total. The number of rotatable bonds is 17. The fraction of sp³-hybridized carbons (Fsp3) is 0.842. The summed E-state index contributed by atoms with van der Waals surface area (Å²) < 4.78 is 0. The highest BCUT2D eigenvalue weighted by molar-refractivity contribution is 5.66. The Bertz CT molecular complexity index is 303. The summed E-state index contributed by atoms with van der Waals surface area (Å²) in [5.74, 6) is -0.686. The van der Waals surface area contributed by atoms with E-state index < -0.39 is 5.97 Å². The minimum absolute atomic E-state index is 0.300. The van der Waals surface area contributed by atoms with Gasteiger partial charge < -0.3 is 5.11 Å². The lowest BCUT2D eigenvalue weighted by atomic mass is 10.1. The molecule has 0 aliphatic carbocycles. The number of nitrogens with one attached hydrogen (secondary N) is 1. The zero-order valence-electron chi connectivity index (χ0n) is 15.2. The summed E-state index contributed by atoms with van der Waals surface area (Å²) in [7, 11) is 1.66. The molecule has 0 radical (unpaired) electrons. The van der Waals surface area contributed by atoms with E-state index in [0.29, 0.717) is 6.42 Å². The van der Waals surface area contributed by atoms with Crippen LogP contribution in [0.25, 0.3) is 0 Å². The van der Waals surface area contributed by atoms with Gasteiger partial charge in [-0.3, -0.25) is 15.1 Å². The standard InChI is InChI=1S/C19H37NO3/c1-3-4-5-6-7-9-12-15-18(20-23-2)16-13-10-8-11-14-17-19(21)22/h15,20H,3-14,16-17H2,1-2H3,(H,21,22)/b18-15+. The van der Waals surface area contributed by atoms with Crippen LogP contribution >= 0.6 is 0 Å². The van der Waals surface area contributed by atoms with Crippen molar-refractivity contribution in [1.29, 1.82) is 0 Å². The van der Waals surface area contributed by atoms with Crippen molar-refractivity contribution in [1.82, 2.24) is 5.48 Å². The topological polar surface area (TPSA) is 58.6 Å².